The molecule has 0 saturated carbocycles. The molecular formula is C22H20O5. The Morgan fingerprint density at radius 2 is 1.37 bits per heavy atom. The predicted molar refractivity (Wildman–Crippen MR) is 99.2 cm³/mol. The lowest BCUT2D eigenvalue weighted by Crippen LogP contribution is -2.27. The van der Waals surface area contributed by atoms with Crippen LogP contribution in [0.1, 0.15) is 18.1 Å². The number of esters is 1. The van der Waals surface area contributed by atoms with Crippen molar-refractivity contribution in [1.29, 1.82) is 0 Å². The molecule has 0 atom stereocenters. The van der Waals surface area contributed by atoms with Crippen molar-refractivity contribution in [3.8, 4) is 0 Å². The number of carbonyl (C=O) groups excluding carboxylic acids is 2. The number of carbonyl (C=O) groups is 2. The second-order valence-electron chi connectivity index (χ2n) is 5.85. The third-order valence-corrected chi connectivity index (χ3v) is 3.90. The highest BCUT2D eigenvalue weighted by molar-refractivity contribution is 6.19. The molecule has 5 nitrogen and oxygen atoms in total. The molecule has 0 unspecified atom stereocenters. The van der Waals surface area contributed by atoms with Gasteiger partial charge in [-0.05, 0) is 18.1 Å². The maximum absolute atomic E-state index is 12.4. The molecule has 3 rings (SSSR count). The maximum Gasteiger partial charge on any atom is 0.331 e. The molecule has 1 aliphatic rings. The number of benzene rings is 2. The van der Waals surface area contributed by atoms with Gasteiger partial charge in [0.05, 0.1) is 12.2 Å². The molecule has 27 heavy (non-hydrogen) atoms. The molecule has 0 aliphatic heterocycles. The summed E-state index contributed by atoms with van der Waals surface area (Å²) in [6.07, 6.45) is 1.15. The quantitative estimate of drug-likeness (QED) is 0.528. The van der Waals surface area contributed by atoms with Crippen LogP contribution in [0.3, 0.4) is 0 Å². The van der Waals surface area contributed by atoms with Crippen molar-refractivity contribution in [1.82, 2.24) is 0 Å². The van der Waals surface area contributed by atoms with Gasteiger partial charge in [0.15, 0.2) is 5.76 Å². The smallest absolute Gasteiger partial charge is 0.331 e. The maximum atomic E-state index is 12.4. The van der Waals surface area contributed by atoms with Gasteiger partial charge in [-0.15, -0.1) is 0 Å². The second kappa shape index (κ2) is 8.85. The molecule has 138 valence electrons. The van der Waals surface area contributed by atoms with Crippen molar-refractivity contribution in [2.45, 2.75) is 20.1 Å². The minimum absolute atomic E-state index is 0.130. The van der Waals surface area contributed by atoms with Gasteiger partial charge in [-0.25, -0.2) is 4.79 Å². The number of ether oxygens (including phenoxy) is 3. The summed E-state index contributed by atoms with van der Waals surface area (Å²) in [5.74, 6) is -0.524. The van der Waals surface area contributed by atoms with Crippen molar-refractivity contribution in [2.24, 2.45) is 0 Å². The number of ketones is 1. The summed E-state index contributed by atoms with van der Waals surface area (Å²) in [6.45, 7) is 2.45. The fourth-order valence-electron chi connectivity index (χ4n) is 2.56. The highest BCUT2D eigenvalue weighted by atomic mass is 16.5. The second-order valence-corrected chi connectivity index (χ2v) is 5.85. The highest BCUT2D eigenvalue weighted by Gasteiger charge is 2.38. The van der Waals surface area contributed by atoms with E-state index in [0.29, 0.717) is 0 Å². The van der Waals surface area contributed by atoms with Crippen molar-refractivity contribution in [3.05, 3.63) is 95.0 Å². The lowest BCUT2D eigenvalue weighted by molar-refractivity contribution is -0.137. The normalized spacial score (nSPS) is 14.7. The van der Waals surface area contributed by atoms with E-state index in [1.54, 1.807) is 6.92 Å². The average Bonchev–Trinajstić information content (AvgIpc) is 2.70. The van der Waals surface area contributed by atoms with E-state index in [-0.39, 0.29) is 42.7 Å². The largest absolute Gasteiger partial charge is 0.484 e. The summed E-state index contributed by atoms with van der Waals surface area (Å²) in [7, 11) is 0. The summed E-state index contributed by atoms with van der Waals surface area (Å²) in [5.41, 5.74) is 2.05. The minimum atomic E-state index is -0.580. The Labute approximate surface area is 157 Å². The van der Waals surface area contributed by atoms with E-state index < -0.39 is 5.97 Å². The molecular weight excluding hydrogens is 344 g/mol. The molecule has 2 aromatic carbocycles. The predicted octanol–water partition coefficient (Wildman–Crippen LogP) is 3.70. The van der Waals surface area contributed by atoms with Gasteiger partial charge in [0, 0.05) is 6.08 Å². The van der Waals surface area contributed by atoms with Crippen molar-refractivity contribution in [3.63, 3.8) is 0 Å². The third-order valence-electron chi connectivity index (χ3n) is 3.90. The summed E-state index contributed by atoms with van der Waals surface area (Å²) >= 11 is 0. The van der Waals surface area contributed by atoms with Crippen LogP contribution in [-0.4, -0.2) is 18.4 Å². The Kier molecular flexibility index (Phi) is 6.05. The van der Waals surface area contributed by atoms with Crippen LogP contribution in [0.15, 0.2) is 83.8 Å². The first-order valence-corrected chi connectivity index (χ1v) is 8.70. The van der Waals surface area contributed by atoms with Crippen LogP contribution < -0.4 is 0 Å². The molecule has 0 N–H and O–H groups in total. The lowest BCUT2D eigenvalue weighted by Gasteiger charge is -2.25. The van der Waals surface area contributed by atoms with Gasteiger partial charge in [-0.2, -0.15) is 0 Å². The van der Waals surface area contributed by atoms with Gasteiger partial charge >= 0.3 is 5.97 Å². The summed E-state index contributed by atoms with van der Waals surface area (Å²) in [4.78, 5) is 24.1. The first-order valence-electron chi connectivity index (χ1n) is 8.70. The number of Topliss-reactive ketones (excluding diaryl/α,β-unsaturated/α-hetero) is 1. The van der Waals surface area contributed by atoms with Crippen LogP contribution in [0, 0.1) is 0 Å². The van der Waals surface area contributed by atoms with Gasteiger partial charge in [0.1, 0.15) is 13.2 Å². The SMILES string of the molecule is CCOC(=O)/C=C1\C(=O)C(OCc2ccccc2)=C1OCc1ccccc1. The van der Waals surface area contributed by atoms with Crippen LogP contribution in [0.5, 0.6) is 0 Å². The summed E-state index contributed by atoms with van der Waals surface area (Å²) < 4.78 is 16.3. The van der Waals surface area contributed by atoms with Crippen LogP contribution >= 0.6 is 0 Å². The Morgan fingerprint density at radius 1 is 0.852 bits per heavy atom. The van der Waals surface area contributed by atoms with Gasteiger partial charge < -0.3 is 14.2 Å². The Hall–Kier alpha value is -3.34. The lowest BCUT2D eigenvalue weighted by atomic mass is 9.94. The van der Waals surface area contributed by atoms with Crippen LogP contribution in [-0.2, 0) is 37.0 Å². The standard InChI is InChI=1S/C22H20O5/c1-2-25-19(23)13-18-20(24)22(27-15-17-11-7-4-8-12-17)21(18)26-14-16-9-5-3-6-10-16/h3-13H,2,14-15H2,1H3/b18-13+. The van der Waals surface area contributed by atoms with Crippen molar-refractivity contribution >= 4 is 11.8 Å². The van der Waals surface area contributed by atoms with Crippen LogP contribution in [0.25, 0.3) is 0 Å². The molecule has 0 amide bonds. The topological polar surface area (TPSA) is 61.8 Å². The van der Waals surface area contributed by atoms with Gasteiger partial charge in [-0.3, -0.25) is 4.79 Å². The van der Waals surface area contributed by atoms with E-state index in [1.807, 2.05) is 60.7 Å². The van der Waals surface area contributed by atoms with Crippen LogP contribution in [0.2, 0.25) is 0 Å². The fraction of sp³-hybridized carbons (Fsp3) is 0.182. The minimum Gasteiger partial charge on any atom is -0.484 e. The van der Waals surface area contributed by atoms with Gasteiger partial charge in [0.2, 0.25) is 11.5 Å². The third kappa shape index (κ3) is 4.64. The number of hydrogen-bond acceptors (Lipinski definition) is 5. The fourth-order valence-corrected chi connectivity index (χ4v) is 2.56. The number of hydrogen-bond donors (Lipinski definition) is 0. The molecule has 1 aliphatic carbocycles. The zero-order chi connectivity index (χ0) is 19.1. The summed E-state index contributed by atoms with van der Waals surface area (Å²) in [6, 6.07) is 19.1. The Balaban J connectivity index is 1.77. The van der Waals surface area contributed by atoms with E-state index in [1.165, 1.54) is 0 Å². The Bertz CT molecular complexity index is 866. The first kappa shape index (κ1) is 18.5. The van der Waals surface area contributed by atoms with E-state index in [4.69, 9.17) is 14.2 Å². The molecule has 5 heteroatoms. The van der Waals surface area contributed by atoms with E-state index in [2.05, 4.69) is 0 Å². The monoisotopic (exact) mass is 364 g/mol. The average molecular weight is 364 g/mol. The van der Waals surface area contributed by atoms with Crippen LogP contribution in [0.4, 0.5) is 0 Å². The van der Waals surface area contributed by atoms with Gasteiger partial charge in [-0.1, -0.05) is 60.7 Å². The molecule has 0 radical (unpaired) electrons. The first-order chi connectivity index (χ1) is 13.2. The van der Waals surface area contributed by atoms with Gasteiger partial charge in [0.25, 0.3) is 0 Å². The van der Waals surface area contributed by atoms with Crippen molar-refractivity contribution in [2.75, 3.05) is 6.61 Å². The Morgan fingerprint density at radius 3 is 1.89 bits per heavy atom. The van der Waals surface area contributed by atoms with E-state index in [0.717, 1.165) is 17.2 Å². The molecule has 0 fully saturated rings. The molecule has 0 spiro atoms. The number of rotatable bonds is 8. The van der Waals surface area contributed by atoms with E-state index in [9.17, 15) is 9.59 Å². The molecule has 0 heterocycles. The number of allylic oxidation sites excluding steroid dienone is 2. The molecule has 0 aromatic heterocycles. The molecule has 0 saturated heterocycles. The zero-order valence-corrected chi connectivity index (χ0v) is 15.0. The zero-order valence-electron chi connectivity index (χ0n) is 15.0. The van der Waals surface area contributed by atoms with E-state index >= 15 is 0 Å². The molecule has 2 aromatic rings. The summed E-state index contributed by atoms with van der Waals surface area (Å²) in [5, 5.41) is 0. The van der Waals surface area contributed by atoms with Crippen molar-refractivity contribution < 1.29 is 23.8 Å². The highest BCUT2D eigenvalue weighted by Crippen LogP contribution is 2.33. The molecule has 0 bridgehead atoms.